The van der Waals surface area contributed by atoms with E-state index < -0.39 is 0 Å². The van der Waals surface area contributed by atoms with Crippen LogP contribution in [0.5, 0.6) is 0 Å². The van der Waals surface area contributed by atoms with Crippen LogP contribution in [0.4, 0.5) is 5.82 Å². The summed E-state index contributed by atoms with van der Waals surface area (Å²) in [5.74, 6) is 0.768. The normalized spacial score (nSPS) is 10.8. The minimum absolute atomic E-state index is 0.0653. The van der Waals surface area contributed by atoms with Gasteiger partial charge < -0.3 is 14.8 Å². The van der Waals surface area contributed by atoms with Gasteiger partial charge in [0.25, 0.3) is 5.91 Å². The Labute approximate surface area is 146 Å². The van der Waals surface area contributed by atoms with Crippen molar-refractivity contribution in [3.63, 3.8) is 0 Å². The van der Waals surface area contributed by atoms with Gasteiger partial charge >= 0.3 is 0 Å². The average Bonchev–Trinajstić information content (AvgIpc) is 3.03. The van der Waals surface area contributed by atoms with Crippen molar-refractivity contribution in [3.05, 3.63) is 48.0 Å². The monoisotopic (exact) mass is 338 g/mol. The van der Waals surface area contributed by atoms with E-state index in [9.17, 15) is 4.79 Å². The van der Waals surface area contributed by atoms with Crippen LogP contribution in [0.3, 0.4) is 0 Å². The zero-order valence-electron chi connectivity index (χ0n) is 14.7. The van der Waals surface area contributed by atoms with Crippen molar-refractivity contribution in [1.29, 1.82) is 0 Å². The van der Waals surface area contributed by atoms with Gasteiger partial charge in [-0.2, -0.15) is 0 Å². The number of hydrogen-bond donors (Lipinski definition) is 1. The number of amides is 1. The molecule has 3 rings (SSSR count). The Hall–Kier alpha value is -2.96. The number of aryl methyl sites for hydroxylation is 1. The number of carbonyl (C=O) groups excluding carboxylic acids is 1. The molecule has 0 radical (unpaired) electrons. The molecule has 1 amide bonds. The third-order valence-corrected chi connectivity index (χ3v) is 4.21. The molecule has 0 aliphatic carbocycles. The number of nitrogens with one attached hydrogen (secondary N) is 1. The van der Waals surface area contributed by atoms with Crippen LogP contribution in [-0.4, -0.2) is 43.4 Å². The number of nitrogens with zero attached hydrogens (tertiary/aromatic N) is 5. The highest BCUT2D eigenvalue weighted by atomic mass is 16.2. The maximum atomic E-state index is 12.3. The topological polar surface area (TPSA) is 75.9 Å². The fourth-order valence-electron chi connectivity index (χ4n) is 2.72. The number of imidazole rings is 1. The fourth-order valence-corrected chi connectivity index (χ4v) is 2.72. The van der Waals surface area contributed by atoms with Gasteiger partial charge in [0.2, 0.25) is 0 Å². The Morgan fingerprint density at radius 1 is 1.12 bits per heavy atom. The van der Waals surface area contributed by atoms with Gasteiger partial charge in [-0.15, -0.1) is 0 Å². The Balaban J connectivity index is 1.70. The Kier molecular flexibility index (Phi) is 4.92. The average molecular weight is 338 g/mol. The van der Waals surface area contributed by atoms with E-state index in [0.717, 1.165) is 16.7 Å². The third-order valence-electron chi connectivity index (χ3n) is 4.21. The first kappa shape index (κ1) is 16.9. The van der Waals surface area contributed by atoms with Crippen molar-refractivity contribution in [2.24, 2.45) is 7.05 Å². The van der Waals surface area contributed by atoms with Gasteiger partial charge in [0.15, 0.2) is 11.5 Å². The van der Waals surface area contributed by atoms with Gasteiger partial charge in [-0.25, -0.2) is 15.0 Å². The van der Waals surface area contributed by atoms with Crippen LogP contribution >= 0.6 is 0 Å². The predicted octanol–water partition coefficient (Wildman–Crippen LogP) is 2.46. The van der Waals surface area contributed by atoms with E-state index in [-0.39, 0.29) is 5.91 Å². The largest absolute Gasteiger partial charge is 0.364 e. The molecule has 3 aromatic rings. The first-order valence-corrected chi connectivity index (χ1v) is 8.38. The number of carbonyl (C=O) groups is 1. The first-order chi connectivity index (χ1) is 12.1. The minimum atomic E-state index is 0.0653. The maximum Gasteiger partial charge on any atom is 0.253 e. The van der Waals surface area contributed by atoms with E-state index in [2.05, 4.69) is 20.3 Å². The highest BCUT2D eigenvalue weighted by Gasteiger charge is 2.12. The van der Waals surface area contributed by atoms with Crippen LogP contribution in [0.25, 0.3) is 11.2 Å². The zero-order valence-corrected chi connectivity index (χ0v) is 14.7. The lowest BCUT2D eigenvalue weighted by atomic mass is 10.1. The van der Waals surface area contributed by atoms with E-state index in [4.69, 9.17) is 0 Å². The molecule has 130 valence electrons. The quantitative estimate of drug-likeness (QED) is 0.747. The summed E-state index contributed by atoms with van der Waals surface area (Å²) >= 11 is 0. The van der Waals surface area contributed by atoms with Crippen molar-refractivity contribution in [2.45, 2.75) is 20.4 Å². The minimum Gasteiger partial charge on any atom is -0.364 e. The van der Waals surface area contributed by atoms with Gasteiger partial charge in [-0.3, -0.25) is 4.79 Å². The molecule has 0 aliphatic rings. The summed E-state index contributed by atoms with van der Waals surface area (Å²) in [6.45, 7) is 6.00. The highest BCUT2D eigenvalue weighted by Crippen LogP contribution is 2.17. The molecule has 25 heavy (non-hydrogen) atoms. The molecule has 7 heteroatoms. The molecule has 1 aromatic carbocycles. The molecule has 0 atom stereocenters. The Morgan fingerprint density at radius 2 is 1.84 bits per heavy atom. The van der Waals surface area contributed by atoms with Crippen molar-refractivity contribution >= 4 is 22.9 Å². The SMILES string of the molecule is CCN(CC)C(=O)c1ccc(CNc2ncnc3c2ncn3C)cc1. The van der Waals surface area contributed by atoms with Gasteiger partial charge in [-0.1, -0.05) is 12.1 Å². The number of benzene rings is 1. The number of hydrogen-bond acceptors (Lipinski definition) is 5. The molecular formula is C18H22N6O. The zero-order chi connectivity index (χ0) is 17.8. The smallest absolute Gasteiger partial charge is 0.253 e. The second-order valence-corrected chi connectivity index (χ2v) is 5.78. The summed E-state index contributed by atoms with van der Waals surface area (Å²) in [6, 6.07) is 7.66. The van der Waals surface area contributed by atoms with Gasteiger partial charge in [0, 0.05) is 32.2 Å². The molecule has 0 saturated carbocycles. The molecule has 0 unspecified atom stereocenters. The summed E-state index contributed by atoms with van der Waals surface area (Å²) in [4.78, 5) is 27.0. The van der Waals surface area contributed by atoms with Crippen LogP contribution in [0.2, 0.25) is 0 Å². The van der Waals surface area contributed by atoms with E-state index in [1.54, 1.807) is 6.33 Å². The lowest BCUT2D eigenvalue weighted by Gasteiger charge is -2.18. The second-order valence-electron chi connectivity index (χ2n) is 5.78. The van der Waals surface area contributed by atoms with E-state index in [0.29, 0.717) is 31.0 Å². The summed E-state index contributed by atoms with van der Waals surface area (Å²) in [7, 11) is 1.90. The molecule has 2 aromatic heterocycles. The van der Waals surface area contributed by atoms with Gasteiger partial charge in [0.1, 0.15) is 11.8 Å². The van der Waals surface area contributed by atoms with Crippen LogP contribution in [0.1, 0.15) is 29.8 Å². The van der Waals surface area contributed by atoms with Crippen LogP contribution in [-0.2, 0) is 13.6 Å². The lowest BCUT2D eigenvalue weighted by Crippen LogP contribution is -2.30. The van der Waals surface area contributed by atoms with Gasteiger partial charge in [-0.05, 0) is 31.5 Å². The van der Waals surface area contributed by atoms with E-state index in [1.807, 2.05) is 54.6 Å². The summed E-state index contributed by atoms with van der Waals surface area (Å²) in [6.07, 6.45) is 3.25. The number of fused-ring (bicyclic) bond motifs is 1. The molecule has 7 nitrogen and oxygen atoms in total. The molecule has 0 saturated heterocycles. The van der Waals surface area contributed by atoms with Crippen LogP contribution in [0, 0.1) is 0 Å². The summed E-state index contributed by atoms with van der Waals surface area (Å²) in [5.41, 5.74) is 3.32. The molecule has 0 bridgehead atoms. The number of aromatic nitrogens is 4. The molecule has 0 spiro atoms. The fraction of sp³-hybridized carbons (Fsp3) is 0.333. The van der Waals surface area contributed by atoms with Crippen LogP contribution < -0.4 is 5.32 Å². The highest BCUT2D eigenvalue weighted by molar-refractivity contribution is 5.94. The Bertz CT molecular complexity index is 867. The molecule has 2 heterocycles. The van der Waals surface area contributed by atoms with Crippen LogP contribution in [0.15, 0.2) is 36.9 Å². The standard InChI is InChI=1S/C18H22N6O/c1-4-24(5-2)18(25)14-8-6-13(7-9-14)10-19-16-15-17(21-11-20-16)23(3)12-22-15/h6-9,11-12H,4-5,10H2,1-3H3,(H,19,20,21). The molecular weight excluding hydrogens is 316 g/mol. The number of anilines is 1. The third kappa shape index (κ3) is 3.45. The van der Waals surface area contributed by atoms with Crippen molar-refractivity contribution in [1.82, 2.24) is 24.4 Å². The molecule has 0 fully saturated rings. The van der Waals surface area contributed by atoms with E-state index >= 15 is 0 Å². The lowest BCUT2D eigenvalue weighted by molar-refractivity contribution is 0.0773. The molecule has 1 N–H and O–H groups in total. The van der Waals surface area contributed by atoms with Gasteiger partial charge in [0.05, 0.1) is 6.33 Å². The second kappa shape index (κ2) is 7.29. The van der Waals surface area contributed by atoms with Crippen molar-refractivity contribution < 1.29 is 4.79 Å². The first-order valence-electron chi connectivity index (χ1n) is 8.38. The van der Waals surface area contributed by atoms with Crippen molar-refractivity contribution in [2.75, 3.05) is 18.4 Å². The number of rotatable bonds is 6. The predicted molar refractivity (Wildman–Crippen MR) is 97.3 cm³/mol. The Morgan fingerprint density at radius 3 is 2.52 bits per heavy atom. The molecule has 0 aliphatic heterocycles. The van der Waals surface area contributed by atoms with Crippen molar-refractivity contribution in [3.8, 4) is 0 Å². The summed E-state index contributed by atoms with van der Waals surface area (Å²) in [5, 5.41) is 3.29. The summed E-state index contributed by atoms with van der Waals surface area (Å²) < 4.78 is 1.86. The maximum absolute atomic E-state index is 12.3. The van der Waals surface area contributed by atoms with E-state index in [1.165, 1.54) is 6.33 Å².